The lowest BCUT2D eigenvalue weighted by atomic mass is 9.87. The average Bonchev–Trinajstić information content (AvgIpc) is 3.32. The van der Waals surface area contributed by atoms with E-state index in [0.717, 1.165) is 10.1 Å². The molecule has 0 fully saturated rings. The molecule has 0 aliphatic carbocycles. The second-order valence-corrected chi connectivity index (χ2v) is 8.22. The molecule has 3 heterocycles. The number of rotatable bonds is 5. The molecule has 2 aromatic carbocycles. The lowest BCUT2D eigenvalue weighted by Crippen LogP contribution is -2.39. The van der Waals surface area contributed by atoms with Gasteiger partial charge in [-0.3, -0.25) is 14.7 Å². The minimum atomic E-state index is -0.820. The van der Waals surface area contributed by atoms with Crippen LogP contribution in [-0.2, 0) is 6.42 Å². The molecule has 0 saturated heterocycles. The Morgan fingerprint density at radius 3 is 2.57 bits per heavy atom. The van der Waals surface area contributed by atoms with Gasteiger partial charge in [-0.1, -0.05) is 0 Å². The SMILES string of the molecule is COc1ccc(OC)c(-n2c(O)c([C@@H]3c4c(cc5c(c4OC)OCO5)CCN3C)c(=O)[nH]c2=O)c1. The van der Waals surface area contributed by atoms with Crippen LogP contribution in [0.5, 0.6) is 34.6 Å². The molecule has 2 N–H and O–H groups in total. The summed E-state index contributed by atoms with van der Waals surface area (Å²) in [6.07, 6.45) is 0.664. The summed E-state index contributed by atoms with van der Waals surface area (Å²) in [5, 5.41) is 11.5. The maximum Gasteiger partial charge on any atom is 0.335 e. The number of fused-ring (bicyclic) bond motifs is 2. The first-order chi connectivity index (χ1) is 16.9. The fraction of sp³-hybridized carbons (Fsp3) is 0.333. The average molecular weight is 483 g/mol. The highest BCUT2D eigenvalue weighted by Crippen LogP contribution is 2.51. The van der Waals surface area contributed by atoms with E-state index in [9.17, 15) is 14.7 Å². The van der Waals surface area contributed by atoms with Crippen LogP contribution >= 0.6 is 0 Å². The largest absolute Gasteiger partial charge is 0.497 e. The summed E-state index contributed by atoms with van der Waals surface area (Å²) in [7, 11) is 6.27. The summed E-state index contributed by atoms with van der Waals surface area (Å²) in [6, 6.07) is 5.94. The maximum absolute atomic E-state index is 13.2. The highest BCUT2D eigenvalue weighted by Gasteiger charge is 2.38. The number of aromatic amines is 1. The van der Waals surface area contributed by atoms with E-state index in [1.165, 1.54) is 21.3 Å². The third-order valence-electron chi connectivity index (χ3n) is 6.42. The second kappa shape index (κ2) is 8.58. The quantitative estimate of drug-likeness (QED) is 0.556. The van der Waals surface area contributed by atoms with E-state index in [-0.39, 0.29) is 18.0 Å². The van der Waals surface area contributed by atoms with Gasteiger partial charge in [0.05, 0.1) is 38.6 Å². The van der Waals surface area contributed by atoms with Crippen LogP contribution in [0.2, 0.25) is 0 Å². The molecule has 35 heavy (non-hydrogen) atoms. The van der Waals surface area contributed by atoms with E-state index >= 15 is 0 Å². The van der Waals surface area contributed by atoms with Gasteiger partial charge in [-0.25, -0.2) is 9.36 Å². The van der Waals surface area contributed by atoms with E-state index < -0.39 is 23.2 Å². The Morgan fingerprint density at radius 1 is 1.06 bits per heavy atom. The summed E-state index contributed by atoms with van der Waals surface area (Å²) >= 11 is 0. The number of hydrogen-bond donors (Lipinski definition) is 2. The zero-order valence-corrected chi connectivity index (χ0v) is 19.7. The third kappa shape index (κ3) is 3.46. The van der Waals surface area contributed by atoms with Crippen LogP contribution in [0.4, 0.5) is 0 Å². The van der Waals surface area contributed by atoms with Crippen LogP contribution < -0.4 is 34.9 Å². The molecule has 0 bridgehead atoms. The van der Waals surface area contributed by atoms with E-state index in [2.05, 4.69) is 4.98 Å². The number of aromatic nitrogens is 2. The van der Waals surface area contributed by atoms with Gasteiger partial charge in [-0.2, -0.15) is 0 Å². The third-order valence-corrected chi connectivity index (χ3v) is 6.42. The molecule has 0 amide bonds. The molecule has 2 aliphatic rings. The molecule has 0 radical (unpaired) electrons. The molecule has 5 rings (SSSR count). The number of nitrogens with one attached hydrogen (secondary N) is 1. The Balaban J connectivity index is 1.80. The van der Waals surface area contributed by atoms with E-state index in [4.69, 9.17) is 23.7 Å². The minimum Gasteiger partial charge on any atom is -0.497 e. The van der Waals surface area contributed by atoms with Gasteiger partial charge in [0.15, 0.2) is 11.5 Å². The topological polar surface area (TPSA) is 124 Å². The summed E-state index contributed by atoms with van der Waals surface area (Å²) in [4.78, 5) is 30.4. The van der Waals surface area contributed by atoms with Crippen molar-refractivity contribution in [1.82, 2.24) is 14.5 Å². The van der Waals surface area contributed by atoms with Crippen LogP contribution in [0.1, 0.15) is 22.7 Å². The lowest BCUT2D eigenvalue weighted by Gasteiger charge is -2.36. The van der Waals surface area contributed by atoms with Crippen molar-refractivity contribution >= 4 is 0 Å². The summed E-state index contributed by atoms with van der Waals surface area (Å²) in [5.74, 6) is 1.64. The molecule has 11 nitrogen and oxygen atoms in total. The number of aromatic hydroxyl groups is 1. The fourth-order valence-corrected chi connectivity index (χ4v) is 4.78. The Bertz CT molecular complexity index is 1430. The molecule has 0 unspecified atom stereocenters. The van der Waals surface area contributed by atoms with Crippen molar-refractivity contribution in [3.8, 4) is 40.3 Å². The highest BCUT2D eigenvalue weighted by molar-refractivity contribution is 5.64. The molecule has 0 spiro atoms. The minimum absolute atomic E-state index is 0.0184. The van der Waals surface area contributed by atoms with E-state index in [1.54, 1.807) is 18.2 Å². The van der Waals surface area contributed by atoms with Crippen molar-refractivity contribution < 1.29 is 28.8 Å². The van der Waals surface area contributed by atoms with Gasteiger partial charge < -0.3 is 28.8 Å². The van der Waals surface area contributed by atoms with Gasteiger partial charge in [0, 0.05) is 18.2 Å². The fourth-order valence-electron chi connectivity index (χ4n) is 4.78. The Morgan fingerprint density at radius 2 is 1.86 bits per heavy atom. The van der Waals surface area contributed by atoms with Crippen LogP contribution in [-0.4, -0.2) is 61.3 Å². The van der Waals surface area contributed by atoms with Crippen LogP contribution in [0, 0.1) is 0 Å². The van der Waals surface area contributed by atoms with Crippen LogP contribution in [0.3, 0.4) is 0 Å². The highest BCUT2D eigenvalue weighted by atomic mass is 16.7. The van der Waals surface area contributed by atoms with Crippen molar-refractivity contribution in [1.29, 1.82) is 0 Å². The molecule has 1 aromatic heterocycles. The number of methoxy groups -OCH3 is 3. The molecular weight excluding hydrogens is 458 g/mol. The monoisotopic (exact) mass is 483 g/mol. The van der Waals surface area contributed by atoms with Gasteiger partial charge in [0.25, 0.3) is 5.56 Å². The van der Waals surface area contributed by atoms with Gasteiger partial charge in [-0.05, 0) is 37.2 Å². The van der Waals surface area contributed by atoms with Crippen molar-refractivity contribution in [2.75, 3.05) is 41.7 Å². The first kappa shape index (κ1) is 22.7. The first-order valence-corrected chi connectivity index (χ1v) is 10.9. The molecule has 184 valence electrons. The van der Waals surface area contributed by atoms with Crippen molar-refractivity contribution in [3.63, 3.8) is 0 Å². The zero-order chi connectivity index (χ0) is 24.9. The predicted molar refractivity (Wildman–Crippen MR) is 125 cm³/mol. The Hall–Kier alpha value is -4.12. The smallest absolute Gasteiger partial charge is 0.335 e. The van der Waals surface area contributed by atoms with Crippen molar-refractivity contribution in [2.24, 2.45) is 0 Å². The van der Waals surface area contributed by atoms with E-state index in [0.29, 0.717) is 47.3 Å². The molecular formula is C24H25N3O8. The summed E-state index contributed by atoms with van der Waals surface area (Å²) in [5.41, 5.74) is 0.214. The maximum atomic E-state index is 13.2. The molecule has 2 aliphatic heterocycles. The van der Waals surface area contributed by atoms with Crippen molar-refractivity contribution in [2.45, 2.75) is 12.5 Å². The zero-order valence-electron chi connectivity index (χ0n) is 19.7. The molecule has 3 aromatic rings. The van der Waals surface area contributed by atoms with Crippen LogP contribution in [0.25, 0.3) is 5.69 Å². The molecule has 1 atom stereocenters. The van der Waals surface area contributed by atoms with Gasteiger partial charge in [-0.15, -0.1) is 0 Å². The number of likely N-dealkylation sites (N-methyl/N-ethyl adjacent to an activating group) is 1. The van der Waals surface area contributed by atoms with Gasteiger partial charge >= 0.3 is 5.69 Å². The van der Waals surface area contributed by atoms with Gasteiger partial charge in [0.1, 0.15) is 11.5 Å². The number of H-pyrrole nitrogens is 1. The summed E-state index contributed by atoms with van der Waals surface area (Å²) < 4.78 is 28.6. The molecule has 0 saturated carbocycles. The number of ether oxygens (including phenoxy) is 5. The standard InChI is InChI=1S/C24H25N3O8/c1-26-8-7-12-9-16-20(35-11-34-16)21(33-4)17(12)19(26)18-22(28)25-24(30)27(23(18)29)14-10-13(31-2)5-6-15(14)32-3/h5-6,9-10,19,29H,7-8,11H2,1-4H3,(H,25,28,30)/t19-/m0/s1. The second-order valence-electron chi connectivity index (χ2n) is 8.22. The Kier molecular flexibility index (Phi) is 5.56. The first-order valence-electron chi connectivity index (χ1n) is 10.9. The van der Waals surface area contributed by atoms with E-state index in [1.807, 2.05) is 18.0 Å². The normalized spacial score (nSPS) is 16.6. The lowest BCUT2D eigenvalue weighted by molar-refractivity contribution is 0.170. The number of nitrogens with zero attached hydrogens (tertiary/aromatic N) is 2. The van der Waals surface area contributed by atoms with Gasteiger partial charge in [0.2, 0.25) is 18.4 Å². The summed E-state index contributed by atoms with van der Waals surface area (Å²) in [6.45, 7) is 0.641. The number of benzene rings is 2. The predicted octanol–water partition coefficient (Wildman–Crippen LogP) is 1.56. The number of hydrogen-bond acceptors (Lipinski definition) is 9. The van der Waals surface area contributed by atoms with Crippen LogP contribution in [0.15, 0.2) is 33.9 Å². The molecule has 11 heteroatoms. The Labute approximate surface area is 200 Å². The van der Waals surface area contributed by atoms with Crippen molar-refractivity contribution in [3.05, 3.63) is 61.8 Å².